The van der Waals surface area contributed by atoms with Crippen molar-refractivity contribution in [1.29, 1.82) is 0 Å². The first-order chi connectivity index (χ1) is 8.43. The third-order valence-electron chi connectivity index (χ3n) is 2.82. The summed E-state index contributed by atoms with van der Waals surface area (Å²) in [6.07, 6.45) is 5.42. The van der Waals surface area contributed by atoms with E-state index in [9.17, 15) is 0 Å². The topological polar surface area (TPSA) is 30.5 Å². The minimum Gasteiger partial charge on any atom is -0.380 e. The van der Waals surface area contributed by atoms with E-state index >= 15 is 0 Å². The maximum absolute atomic E-state index is 5.57. The second kappa shape index (κ2) is 11.3. The molecule has 1 rings (SSSR count). The molecule has 1 fully saturated rings. The lowest BCUT2D eigenvalue weighted by atomic mass is 10.3. The van der Waals surface area contributed by atoms with E-state index < -0.39 is 0 Å². The first-order valence-electron chi connectivity index (χ1n) is 6.91. The van der Waals surface area contributed by atoms with Crippen LogP contribution in [0.3, 0.4) is 0 Å². The van der Waals surface area contributed by atoms with Crippen molar-refractivity contribution in [3.05, 3.63) is 0 Å². The molecule has 0 amide bonds. The van der Waals surface area contributed by atoms with Gasteiger partial charge in [-0.25, -0.2) is 0 Å². The molecule has 1 aliphatic rings. The molecule has 1 unspecified atom stereocenters. The Bertz CT molecular complexity index is 163. The summed E-state index contributed by atoms with van der Waals surface area (Å²) in [5.74, 6) is 2.34. The molecule has 1 aliphatic heterocycles. The highest BCUT2D eigenvalue weighted by Crippen LogP contribution is 2.16. The van der Waals surface area contributed by atoms with Crippen LogP contribution < -0.4 is 5.32 Å². The van der Waals surface area contributed by atoms with Gasteiger partial charge in [0.2, 0.25) is 0 Å². The van der Waals surface area contributed by atoms with Gasteiger partial charge in [-0.2, -0.15) is 11.8 Å². The largest absolute Gasteiger partial charge is 0.380 e. The molecule has 17 heavy (non-hydrogen) atoms. The molecule has 0 bridgehead atoms. The van der Waals surface area contributed by atoms with Gasteiger partial charge in [-0.15, -0.1) is 0 Å². The van der Waals surface area contributed by atoms with Gasteiger partial charge in [0.1, 0.15) is 0 Å². The normalized spacial score (nSPS) is 19.9. The Hall–Kier alpha value is 0.230. The molecule has 0 saturated carbocycles. The van der Waals surface area contributed by atoms with Gasteiger partial charge in [0.25, 0.3) is 0 Å². The van der Waals surface area contributed by atoms with E-state index in [-0.39, 0.29) is 0 Å². The second-order valence-electron chi connectivity index (χ2n) is 4.43. The molecule has 0 aliphatic carbocycles. The SMILES string of the molecule is CCCCOCCNCCSCC1CCCO1. The fourth-order valence-electron chi connectivity index (χ4n) is 1.75. The van der Waals surface area contributed by atoms with Gasteiger partial charge in [0, 0.05) is 37.8 Å². The standard InChI is InChI=1S/C13H27NO2S/c1-2-3-8-15-10-6-14-7-11-17-12-13-5-4-9-16-13/h13-14H,2-12H2,1H3. The lowest BCUT2D eigenvalue weighted by Crippen LogP contribution is -2.23. The molecule has 1 atom stereocenters. The minimum atomic E-state index is 0.525. The maximum atomic E-state index is 5.57. The summed E-state index contributed by atoms with van der Waals surface area (Å²) in [6.45, 7) is 6.96. The van der Waals surface area contributed by atoms with Gasteiger partial charge in [-0.1, -0.05) is 13.3 Å². The Balaban J connectivity index is 1.69. The van der Waals surface area contributed by atoms with Crippen molar-refractivity contribution in [3.8, 4) is 0 Å². The summed E-state index contributed by atoms with van der Waals surface area (Å²) in [6, 6.07) is 0. The van der Waals surface area contributed by atoms with Crippen LogP contribution >= 0.6 is 11.8 Å². The number of hydrogen-bond donors (Lipinski definition) is 1. The van der Waals surface area contributed by atoms with E-state index in [1.807, 2.05) is 11.8 Å². The first kappa shape index (κ1) is 15.3. The molecule has 1 saturated heterocycles. The lowest BCUT2D eigenvalue weighted by molar-refractivity contribution is 0.129. The number of hydrogen-bond acceptors (Lipinski definition) is 4. The summed E-state index contributed by atoms with van der Waals surface area (Å²) >= 11 is 1.99. The summed E-state index contributed by atoms with van der Waals surface area (Å²) in [7, 11) is 0. The molecule has 0 aromatic heterocycles. The van der Waals surface area contributed by atoms with Gasteiger partial charge in [0.05, 0.1) is 12.7 Å². The van der Waals surface area contributed by atoms with E-state index in [1.165, 1.54) is 31.4 Å². The molecule has 1 N–H and O–H groups in total. The molecular formula is C13H27NO2S. The van der Waals surface area contributed by atoms with Crippen molar-refractivity contribution in [2.75, 3.05) is 44.4 Å². The van der Waals surface area contributed by atoms with Crippen LogP contribution in [-0.2, 0) is 9.47 Å². The Morgan fingerprint density at radius 3 is 3.06 bits per heavy atom. The zero-order valence-electron chi connectivity index (χ0n) is 11.1. The number of nitrogens with one attached hydrogen (secondary N) is 1. The van der Waals surface area contributed by atoms with Crippen LogP contribution in [-0.4, -0.2) is 50.5 Å². The Morgan fingerprint density at radius 2 is 2.29 bits per heavy atom. The fraction of sp³-hybridized carbons (Fsp3) is 1.00. The molecule has 3 nitrogen and oxygen atoms in total. The van der Waals surface area contributed by atoms with Crippen molar-refractivity contribution in [2.24, 2.45) is 0 Å². The number of unbranched alkanes of at least 4 members (excludes halogenated alkanes) is 1. The third-order valence-corrected chi connectivity index (χ3v) is 3.92. The van der Waals surface area contributed by atoms with Crippen LogP contribution in [0.5, 0.6) is 0 Å². The van der Waals surface area contributed by atoms with E-state index in [0.717, 1.165) is 38.7 Å². The van der Waals surface area contributed by atoms with E-state index in [2.05, 4.69) is 12.2 Å². The minimum absolute atomic E-state index is 0.525. The van der Waals surface area contributed by atoms with Crippen LogP contribution in [0.2, 0.25) is 0 Å². The Labute approximate surface area is 110 Å². The number of rotatable bonds is 11. The van der Waals surface area contributed by atoms with Crippen molar-refractivity contribution in [1.82, 2.24) is 5.32 Å². The quantitative estimate of drug-likeness (QED) is 0.578. The first-order valence-corrected chi connectivity index (χ1v) is 8.06. The maximum Gasteiger partial charge on any atom is 0.0666 e. The molecule has 1 heterocycles. The monoisotopic (exact) mass is 261 g/mol. The predicted octanol–water partition coefficient (Wildman–Crippen LogP) is 2.30. The molecular weight excluding hydrogens is 234 g/mol. The van der Waals surface area contributed by atoms with Gasteiger partial charge in [-0.3, -0.25) is 0 Å². The summed E-state index contributed by atoms with van der Waals surface area (Å²) in [5, 5.41) is 3.40. The van der Waals surface area contributed by atoms with Crippen LogP contribution in [0.15, 0.2) is 0 Å². The Morgan fingerprint density at radius 1 is 1.35 bits per heavy atom. The Kier molecular flexibility index (Phi) is 10.2. The van der Waals surface area contributed by atoms with Crippen molar-refractivity contribution < 1.29 is 9.47 Å². The highest BCUT2D eigenvalue weighted by atomic mass is 32.2. The average Bonchev–Trinajstić information content (AvgIpc) is 2.85. The third kappa shape index (κ3) is 8.89. The van der Waals surface area contributed by atoms with Crippen LogP contribution in [0.25, 0.3) is 0 Å². The average molecular weight is 261 g/mol. The van der Waals surface area contributed by atoms with Crippen LogP contribution in [0, 0.1) is 0 Å². The van der Waals surface area contributed by atoms with Crippen LogP contribution in [0.1, 0.15) is 32.6 Å². The highest BCUT2D eigenvalue weighted by Gasteiger charge is 2.14. The van der Waals surface area contributed by atoms with Crippen molar-refractivity contribution in [2.45, 2.75) is 38.7 Å². The summed E-state index contributed by atoms with van der Waals surface area (Å²) < 4.78 is 11.0. The molecule has 4 heteroatoms. The number of thioether (sulfide) groups is 1. The summed E-state index contributed by atoms with van der Waals surface area (Å²) in [4.78, 5) is 0. The molecule has 0 radical (unpaired) electrons. The zero-order valence-corrected chi connectivity index (χ0v) is 11.9. The molecule has 0 aromatic carbocycles. The number of ether oxygens (including phenoxy) is 2. The van der Waals surface area contributed by atoms with Crippen molar-refractivity contribution >= 4 is 11.8 Å². The predicted molar refractivity (Wildman–Crippen MR) is 74.9 cm³/mol. The smallest absolute Gasteiger partial charge is 0.0666 e. The van der Waals surface area contributed by atoms with E-state index in [1.54, 1.807) is 0 Å². The fourth-order valence-corrected chi connectivity index (χ4v) is 2.73. The molecule has 0 spiro atoms. The molecule has 0 aromatic rings. The highest BCUT2D eigenvalue weighted by molar-refractivity contribution is 7.99. The molecule has 102 valence electrons. The lowest BCUT2D eigenvalue weighted by Gasteiger charge is -2.09. The second-order valence-corrected chi connectivity index (χ2v) is 5.58. The van der Waals surface area contributed by atoms with Gasteiger partial charge in [-0.05, 0) is 19.3 Å². The van der Waals surface area contributed by atoms with Crippen LogP contribution in [0.4, 0.5) is 0 Å². The van der Waals surface area contributed by atoms with Gasteiger partial charge >= 0.3 is 0 Å². The van der Waals surface area contributed by atoms with E-state index in [4.69, 9.17) is 9.47 Å². The van der Waals surface area contributed by atoms with Gasteiger partial charge in [0.15, 0.2) is 0 Å². The zero-order chi connectivity index (χ0) is 12.2. The van der Waals surface area contributed by atoms with Crippen molar-refractivity contribution in [3.63, 3.8) is 0 Å². The van der Waals surface area contributed by atoms with E-state index in [0.29, 0.717) is 6.10 Å². The summed E-state index contributed by atoms with van der Waals surface area (Å²) in [5.41, 5.74) is 0. The van der Waals surface area contributed by atoms with Gasteiger partial charge < -0.3 is 14.8 Å².